The molecular weight excluding hydrogens is 534 g/mol. The zero-order valence-corrected chi connectivity index (χ0v) is 22.2. The van der Waals surface area contributed by atoms with Gasteiger partial charge in [0, 0.05) is 21.7 Å². The highest BCUT2D eigenvalue weighted by Crippen LogP contribution is 2.46. The van der Waals surface area contributed by atoms with E-state index >= 15 is 0 Å². The van der Waals surface area contributed by atoms with Gasteiger partial charge < -0.3 is 0 Å². The molecule has 0 spiro atoms. The van der Waals surface area contributed by atoms with Crippen molar-refractivity contribution in [3.8, 4) is 0 Å². The predicted molar refractivity (Wildman–Crippen MR) is 145 cm³/mol. The van der Waals surface area contributed by atoms with Crippen molar-refractivity contribution in [2.45, 2.75) is 26.4 Å². The molecular formula is C27H22ClNO4S3. The van der Waals surface area contributed by atoms with Crippen LogP contribution in [-0.2, 0) is 19.9 Å². The van der Waals surface area contributed by atoms with Crippen LogP contribution in [0.4, 0.5) is 0 Å². The largest absolute Gasteiger partial charge is 0.267 e. The molecule has 0 saturated heterocycles. The maximum Gasteiger partial charge on any atom is 0.267 e. The Morgan fingerprint density at radius 1 is 0.806 bits per heavy atom. The second kappa shape index (κ2) is 9.94. The van der Waals surface area contributed by atoms with Gasteiger partial charge in [0.15, 0.2) is 9.84 Å². The third-order valence-electron chi connectivity index (χ3n) is 5.96. The Kier molecular flexibility index (Phi) is 6.87. The maximum absolute atomic E-state index is 13.6. The molecule has 0 aliphatic heterocycles. The maximum atomic E-state index is 13.6. The first kappa shape index (κ1) is 24.9. The van der Waals surface area contributed by atoms with Crippen LogP contribution in [0, 0.1) is 0 Å². The van der Waals surface area contributed by atoms with Crippen LogP contribution >= 0.6 is 23.4 Å². The van der Waals surface area contributed by atoms with Crippen LogP contribution in [0.2, 0.25) is 5.02 Å². The molecule has 0 bridgehead atoms. The molecule has 9 heteroatoms. The summed E-state index contributed by atoms with van der Waals surface area (Å²) in [5.74, 6) is -0.211. The topological polar surface area (TPSA) is 73.2 Å². The third kappa shape index (κ3) is 4.91. The van der Waals surface area contributed by atoms with E-state index in [1.165, 1.54) is 21.9 Å². The van der Waals surface area contributed by atoms with Gasteiger partial charge in [0.2, 0.25) is 0 Å². The summed E-state index contributed by atoms with van der Waals surface area (Å²) in [5, 5.41) is 0.379. The fourth-order valence-corrected chi connectivity index (χ4v) is 8.45. The van der Waals surface area contributed by atoms with E-state index < -0.39 is 19.9 Å². The van der Waals surface area contributed by atoms with E-state index in [-0.39, 0.29) is 20.8 Å². The van der Waals surface area contributed by atoms with Crippen LogP contribution in [0.3, 0.4) is 0 Å². The number of thioether (sulfide) groups is 1. The van der Waals surface area contributed by atoms with E-state index in [1.807, 2.05) is 18.2 Å². The lowest BCUT2D eigenvalue weighted by Crippen LogP contribution is -2.19. The van der Waals surface area contributed by atoms with Crippen LogP contribution in [0.15, 0.2) is 118 Å². The molecule has 184 valence electrons. The highest BCUT2D eigenvalue weighted by molar-refractivity contribution is 7.99. The van der Waals surface area contributed by atoms with Gasteiger partial charge in [0.05, 0.1) is 26.5 Å². The minimum Gasteiger partial charge on any atom is -0.244 e. The molecule has 36 heavy (non-hydrogen) atoms. The number of nitrogens with zero attached hydrogens (tertiary/aromatic N) is 1. The molecule has 1 atom stereocenters. The smallest absolute Gasteiger partial charge is 0.244 e. The van der Waals surface area contributed by atoms with Crippen LogP contribution in [0.1, 0.15) is 22.9 Å². The van der Waals surface area contributed by atoms with Gasteiger partial charge in [-0.2, -0.15) is 0 Å². The van der Waals surface area contributed by atoms with Crippen LogP contribution in [0.25, 0.3) is 5.57 Å². The zero-order chi connectivity index (χ0) is 25.3. The Hall–Kier alpha value is -2.78. The summed E-state index contributed by atoms with van der Waals surface area (Å²) in [6.07, 6.45) is 3.92. The van der Waals surface area contributed by atoms with Crippen molar-refractivity contribution in [3.63, 3.8) is 0 Å². The SMILES string of the molecule is O=S(=O)(CC1=CCC(Sc2ccc(Cl)cc2)c2c1ccn2S(=O)(=O)c1ccccc1)c1ccccc1. The summed E-state index contributed by atoms with van der Waals surface area (Å²) >= 11 is 7.57. The summed E-state index contributed by atoms with van der Waals surface area (Å²) in [6, 6.07) is 25.6. The first-order valence-electron chi connectivity index (χ1n) is 11.2. The number of rotatable bonds is 7. The number of fused-ring (bicyclic) bond motifs is 1. The quantitative estimate of drug-likeness (QED) is 0.261. The molecule has 5 nitrogen and oxygen atoms in total. The van der Waals surface area contributed by atoms with Gasteiger partial charge in [-0.15, -0.1) is 11.8 Å². The first-order chi connectivity index (χ1) is 17.3. The molecule has 0 amide bonds. The number of sulfone groups is 1. The number of halogens is 1. The van der Waals surface area contributed by atoms with Crippen molar-refractivity contribution in [1.82, 2.24) is 3.97 Å². The molecule has 0 saturated carbocycles. The number of hydrogen-bond donors (Lipinski definition) is 0. The molecule has 0 N–H and O–H groups in total. The molecule has 1 aliphatic rings. The molecule has 1 aliphatic carbocycles. The van der Waals surface area contributed by atoms with Crippen molar-refractivity contribution < 1.29 is 16.8 Å². The Morgan fingerprint density at radius 3 is 2.06 bits per heavy atom. The summed E-state index contributed by atoms with van der Waals surface area (Å²) in [4.78, 5) is 1.35. The van der Waals surface area contributed by atoms with Gasteiger partial charge in [-0.05, 0) is 66.6 Å². The minimum atomic E-state index is -3.88. The van der Waals surface area contributed by atoms with Gasteiger partial charge in [0.25, 0.3) is 10.0 Å². The average Bonchev–Trinajstić information content (AvgIpc) is 3.35. The lowest BCUT2D eigenvalue weighted by Gasteiger charge is -2.25. The van der Waals surface area contributed by atoms with Crippen LogP contribution in [0.5, 0.6) is 0 Å². The van der Waals surface area contributed by atoms with Gasteiger partial charge in [-0.3, -0.25) is 0 Å². The van der Waals surface area contributed by atoms with E-state index in [2.05, 4.69) is 0 Å². The molecule has 1 heterocycles. The van der Waals surface area contributed by atoms with E-state index in [4.69, 9.17) is 11.6 Å². The van der Waals surface area contributed by atoms with Gasteiger partial charge in [-0.1, -0.05) is 54.1 Å². The van der Waals surface area contributed by atoms with Crippen molar-refractivity contribution in [2.75, 3.05) is 5.75 Å². The molecule has 1 aromatic heterocycles. The lowest BCUT2D eigenvalue weighted by molar-refractivity contribution is 0.584. The third-order valence-corrected chi connectivity index (χ3v) is 10.8. The van der Waals surface area contributed by atoms with Crippen molar-refractivity contribution in [2.24, 2.45) is 0 Å². The van der Waals surface area contributed by atoms with Crippen molar-refractivity contribution in [1.29, 1.82) is 0 Å². The molecule has 0 fully saturated rings. The van der Waals surface area contributed by atoms with E-state index in [1.54, 1.807) is 78.9 Å². The lowest BCUT2D eigenvalue weighted by atomic mass is 9.98. The standard InChI is InChI=1S/C27H22ClNO4S3/c28-21-12-14-22(15-13-21)34-26-16-11-20(19-35(30,31)23-7-3-1-4-8-23)25-17-18-29(27(25)26)36(32,33)24-9-5-2-6-10-24/h1-15,17-18,26H,16,19H2. The Labute approximate surface area is 220 Å². The Morgan fingerprint density at radius 2 is 1.42 bits per heavy atom. The normalized spacial score (nSPS) is 15.8. The summed E-state index contributed by atoms with van der Waals surface area (Å²) in [6.45, 7) is 0. The van der Waals surface area contributed by atoms with Gasteiger partial charge in [0.1, 0.15) is 0 Å². The molecule has 5 rings (SSSR count). The average molecular weight is 556 g/mol. The number of benzene rings is 3. The number of hydrogen-bond acceptors (Lipinski definition) is 5. The Bertz CT molecular complexity index is 1630. The zero-order valence-electron chi connectivity index (χ0n) is 19.0. The summed E-state index contributed by atoms with van der Waals surface area (Å²) in [5.41, 5.74) is 1.80. The second-order valence-electron chi connectivity index (χ2n) is 8.33. The first-order valence-corrected chi connectivity index (χ1v) is 15.5. The predicted octanol–water partition coefficient (Wildman–Crippen LogP) is 6.47. The van der Waals surface area contributed by atoms with E-state index in [0.29, 0.717) is 28.3 Å². The van der Waals surface area contributed by atoms with Crippen molar-refractivity contribution >= 4 is 48.8 Å². The second-order valence-corrected chi connectivity index (χ2v) is 13.8. The Balaban J connectivity index is 1.59. The van der Waals surface area contributed by atoms with Gasteiger partial charge >= 0.3 is 0 Å². The fourth-order valence-electron chi connectivity index (χ4n) is 4.23. The van der Waals surface area contributed by atoms with E-state index in [9.17, 15) is 16.8 Å². The minimum absolute atomic E-state index is 0.173. The fraction of sp³-hybridized carbons (Fsp3) is 0.111. The van der Waals surface area contributed by atoms with Gasteiger partial charge in [-0.25, -0.2) is 20.8 Å². The monoisotopic (exact) mass is 555 g/mol. The van der Waals surface area contributed by atoms with Crippen molar-refractivity contribution in [3.05, 3.63) is 120 Å². The molecule has 3 aromatic carbocycles. The molecule has 1 unspecified atom stereocenters. The number of aromatic nitrogens is 1. The summed E-state index contributed by atoms with van der Waals surface area (Å²) in [7, 11) is -7.49. The highest BCUT2D eigenvalue weighted by atomic mass is 35.5. The van der Waals surface area contributed by atoms with E-state index in [0.717, 1.165) is 4.90 Å². The highest BCUT2D eigenvalue weighted by Gasteiger charge is 2.32. The van der Waals surface area contributed by atoms with Crippen LogP contribution in [-0.4, -0.2) is 26.6 Å². The summed E-state index contributed by atoms with van der Waals surface area (Å²) < 4.78 is 54.9. The molecule has 4 aromatic rings. The molecule has 0 radical (unpaired) electrons. The van der Waals surface area contributed by atoms with Crippen LogP contribution < -0.4 is 0 Å². The number of allylic oxidation sites excluding steroid dienone is 1.